The molecule has 0 unspecified atom stereocenters. The summed E-state index contributed by atoms with van der Waals surface area (Å²) in [6.45, 7) is 8.79. The summed E-state index contributed by atoms with van der Waals surface area (Å²) in [5.74, 6) is 1.80. The van der Waals surface area contributed by atoms with Crippen molar-refractivity contribution in [2.24, 2.45) is 5.92 Å². The Labute approximate surface area is 121 Å². The van der Waals surface area contributed by atoms with Crippen molar-refractivity contribution in [1.82, 2.24) is 4.98 Å². The Hall–Kier alpha value is -1.77. The highest BCUT2D eigenvalue weighted by atomic mass is 15.2. The largest absolute Gasteiger partial charge is 0.399 e. The average molecular weight is 271 g/mol. The van der Waals surface area contributed by atoms with E-state index in [4.69, 9.17) is 10.7 Å². The van der Waals surface area contributed by atoms with Crippen molar-refractivity contribution >= 4 is 22.4 Å². The fraction of sp³-hybridized carbons (Fsp3) is 0.471. The van der Waals surface area contributed by atoms with Crippen molar-refractivity contribution in [3.63, 3.8) is 0 Å². The third-order valence-electron chi connectivity index (χ3n) is 4.04. The summed E-state index contributed by atoms with van der Waals surface area (Å²) >= 11 is 0. The smallest absolute Gasteiger partial charge is 0.129 e. The van der Waals surface area contributed by atoms with Crippen LogP contribution in [0, 0.1) is 5.92 Å². The summed E-state index contributed by atoms with van der Waals surface area (Å²) in [4.78, 5) is 7.15. The maximum absolute atomic E-state index is 5.81. The Kier molecular flexibility index (Phi) is 4.83. The number of nitrogens with zero attached hydrogens (tertiary/aromatic N) is 2. The lowest BCUT2D eigenvalue weighted by molar-refractivity contribution is 0.484. The maximum atomic E-state index is 5.81. The van der Waals surface area contributed by atoms with E-state index in [0.29, 0.717) is 0 Å². The Morgan fingerprint density at radius 3 is 2.50 bits per heavy atom. The minimum absolute atomic E-state index is 0.735. The second-order valence-electron chi connectivity index (χ2n) is 5.34. The standard InChI is InChI=1S/C17H25N3/c1-4-13(5-2)12-20(6-3)17-10-7-14-11-15(18)8-9-16(14)19-17/h7-11,13H,4-6,12,18H2,1-3H3. The molecule has 2 aromatic rings. The SMILES string of the molecule is CCC(CC)CN(CC)c1ccc2cc(N)ccc2n1. The van der Waals surface area contributed by atoms with Crippen LogP contribution in [0.5, 0.6) is 0 Å². The third kappa shape index (κ3) is 3.21. The monoisotopic (exact) mass is 271 g/mol. The average Bonchev–Trinajstić information content (AvgIpc) is 2.48. The highest BCUT2D eigenvalue weighted by Crippen LogP contribution is 2.22. The molecule has 20 heavy (non-hydrogen) atoms. The van der Waals surface area contributed by atoms with E-state index in [9.17, 15) is 0 Å². The van der Waals surface area contributed by atoms with Crippen LogP contribution in [0.1, 0.15) is 33.6 Å². The number of fused-ring (bicyclic) bond motifs is 1. The van der Waals surface area contributed by atoms with E-state index in [0.717, 1.165) is 41.4 Å². The van der Waals surface area contributed by atoms with Gasteiger partial charge in [-0.3, -0.25) is 0 Å². The maximum Gasteiger partial charge on any atom is 0.129 e. The normalized spacial score (nSPS) is 11.2. The van der Waals surface area contributed by atoms with E-state index in [1.807, 2.05) is 18.2 Å². The number of rotatable bonds is 6. The van der Waals surface area contributed by atoms with Gasteiger partial charge in [0.2, 0.25) is 0 Å². The molecular formula is C17H25N3. The molecule has 0 aliphatic carbocycles. The zero-order valence-electron chi connectivity index (χ0n) is 12.8. The number of benzene rings is 1. The van der Waals surface area contributed by atoms with Crippen LogP contribution in [0.4, 0.5) is 11.5 Å². The van der Waals surface area contributed by atoms with Crippen LogP contribution in [-0.2, 0) is 0 Å². The third-order valence-corrected chi connectivity index (χ3v) is 4.04. The lowest BCUT2D eigenvalue weighted by atomic mass is 10.0. The van der Waals surface area contributed by atoms with Gasteiger partial charge in [0, 0.05) is 24.2 Å². The molecule has 0 fully saturated rings. The molecule has 0 saturated carbocycles. The lowest BCUT2D eigenvalue weighted by Crippen LogP contribution is -2.29. The van der Waals surface area contributed by atoms with Crippen molar-refractivity contribution in [3.05, 3.63) is 30.3 Å². The molecule has 0 aliphatic heterocycles. The molecule has 0 aliphatic rings. The molecule has 0 atom stereocenters. The van der Waals surface area contributed by atoms with Gasteiger partial charge in [0.25, 0.3) is 0 Å². The Morgan fingerprint density at radius 2 is 1.85 bits per heavy atom. The number of pyridine rings is 1. The molecule has 0 bridgehead atoms. The van der Waals surface area contributed by atoms with Gasteiger partial charge in [0.15, 0.2) is 0 Å². The van der Waals surface area contributed by atoms with Gasteiger partial charge < -0.3 is 10.6 Å². The molecule has 0 radical (unpaired) electrons. The first kappa shape index (κ1) is 14.6. The number of hydrogen-bond donors (Lipinski definition) is 1. The van der Waals surface area contributed by atoms with Crippen LogP contribution in [-0.4, -0.2) is 18.1 Å². The van der Waals surface area contributed by atoms with E-state index < -0.39 is 0 Å². The summed E-state index contributed by atoms with van der Waals surface area (Å²) in [7, 11) is 0. The van der Waals surface area contributed by atoms with Crippen LogP contribution in [0.25, 0.3) is 10.9 Å². The Bertz CT molecular complexity index is 561. The van der Waals surface area contributed by atoms with Crippen LogP contribution in [0.3, 0.4) is 0 Å². The predicted molar refractivity (Wildman–Crippen MR) is 88.1 cm³/mol. The second-order valence-corrected chi connectivity index (χ2v) is 5.34. The number of nitrogens with two attached hydrogens (primary N) is 1. The van der Waals surface area contributed by atoms with Crippen LogP contribution in [0.15, 0.2) is 30.3 Å². The van der Waals surface area contributed by atoms with Gasteiger partial charge >= 0.3 is 0 Å². The topological polar surface area (TPSA) is 42.1 Å². The molecule has 0 amide bonds. The van der Waals surface area contributed by atoms with Crippen molar-refractivity contribution in [2.75, 3.05) is 23.7 Å². The van der Waals surface area contributed by atoms with Crippen LogP contribution in [0.2, 0.25) is 0 Å². The predicted octanol–water partition coefficient (Wildman–Crippen LogP) is 4.08. The molecular weight excluding hydrogens is 246 g/mol. The first-order chi connectivity index (χ1) is 9.67. The fourth-order valence-corrected chi connectivity index (χ4v) is 2.55. The minimum Gasteiger partial charge on any atom is -0.399 e. The first-order valence-corrected chi connectivity index (χ1v) is 7.59. The van der Waals surface area contributed by atoms with Crippen molar-refractivity contribution < 1.29 is 0 Å². The number of aromatic nitrogens is 1. The van der Waals surface area contributed by atoms with Gasteiger partial charge in [-0.2, -0.15) is 0 Å². The quantitative estimate of drug-likeness (QED) is 0.805. The van der Waals surface area contributed by atoms with E-state index >= 15 is 0 Å². The highest BCUT2D eigenvalue weighted by molar-refractivity contribution is 5.83. The number of hydrogen-bond acceptors (Lipinski definition) is 3. The van der Waals surface area contributed by atoms with E-state index in [1.165, 1.54) is 12.8 Å². The van der Waals surface area contributed by atoms with E-state index in [-0.39, 0.29) is 0 Å². The van der Waals surface area contributed by atoms with Crippen LogP contribution < -0.4 is 10.6 Å². The summed E-state index contributed by atoms with van der Waals surface area (Å²) in [6, 6.07) is 10.1. The first-order valence-electron chi connectivity index (χ1n) is 7.59. The zero-order valence-corrected chi connectivity index (χ0v) is 12.8. The number of nitrogen functional groups attached to an aromatic ring is 1. The van der Waals surface area contributed by atoms with Gasteiger partial charge in [-0.15, -0.1) is 0 Å². The van der Waals surface area contributed by atoms with E-state index in [2.05, 4.69) is 37.8 Å². The number of anilines is 2. The lowest BCUT2D eigenvalue weighted by Gasteiger charge is -2.26. The molecule has 3 nitrogen and oxygen atoms in total. The van der Waals surface area contributed by atoms with Gasteiger partial charge in [0.05, 0.1) is 5.52 Å². The Balaban J connectivity index is 2.27. The van der Waals surface area contributed by atoms with Gasteiger partial charge in [-0.05, 0) is 43.2 Å². The van der Waals surface area contributed by atoms with Crippen molar-refractivity contribution in [3.8, 4) is 0 Å². The molecule has 0 spiro atoms. The molecule has 1 heterocycles. The van der Waals surface area contributed by atoms with E-state index in [1.54, 1.807) is 0 Å². The van der Waals surface area contributed by atoms with Crippen molar-refractivity contribution in [2.45, 2.75) is 33.6 Å². The van der Waals surface area contributed by atoms with Gasteiger partial charge in [-0.25, -0.2) is 4.98 Å². The summed E-state index contributed by atoms with van der Waals surface area (Å²) in [5.41, 5.74) is 7.61. The fourth-order valence-electron chi connectivity index (χ4n) is 2.55. The van der Waals surface area contributed by atoms with Crippen LogP contribution >= 0.6 is 0 Å². The second kappa shape index (κ2) is 6.60. The molecule has 1 aromatic carbocycles. The Morgan fingerprint density at radius 1 is 1.10 bits per heavy atom. The summed E-state index contributed by atoms with van der Waals surface area (Å²) in [5, 5.41) is 1.10. The minimum atomic E-state index is 0.735. The summed E-state index contributed by atoms with van der Waals surface area (Å²) < 4.78 is 0. The highest BCUT2D eigenvalue weighted by Gasteiger charge is 2.12. The molecule has 2 rings (SSSR count). The molecule has 2 N–H and O–H groups in total. The van der Waals surface area contributed by atoms with Gasteiger partial charge in [-0.1, -0.05) is 26.7 Å². The molecule has 1 aromatic heterocycles. The molecule has 0 saturated heterocycles. The summed E-state index contributed by atoms with van der Waals surface area (Å²) in [6.07, 6.45) is 2.44. The van der Waals surface area contributed by atoms with Crippen molar-refractivity contribution in [1.29, 1.82) is 0 Å². The molecule has 3 heteroatoms. The van der Waals surface area contributed by atoms with Gasteiger partial charge in [0.1, 0.15) is 5.82 Å². The zero-order chi connectivity index (χ0) is 14.5. The molecule has 108 valence electrons.